The third-order valence-electron chi connectivity index (χ3n) is 7.21. The van der Waals surface area contributed by atoms with E-state index in [0.29, 0.717) is 12.2 Å². The Bertz CT molecular complexity index is 976. The normalized spacial score (nSPS) is 27.3. The second kappa shape index (κ2) is 7.96. The van der Waals surface area contributed by atoms with Crippen LogP contribution in [0.2, 0.25) is 18.6 Å². The van der Waals surface area contributed by atoms with E-state index in [0.717, 1.165) is 17.0 Å². The van der Waals surface area contributed by atoms with E-state index in [1.165, 1.54) is 5.19 Å². The number of aliphatic hydroxyl groups is 1. The number of carbonyl (C=O) groups excluding carboxylic acids is 1. The molecule has 0 bridgehead atoms. The summed E-state index contributed by atoms with van der Waals surface area (Å²) in [6.45, 7) is 6.78. The molecule has 0 saturated carbocycles. The molecule has 0 unspecified atom stereocenters. The predicted octanol–water partition coefficient (Wildman–Crippen LogP) is 3.25. The maximum Gasteiger partial charge on any atom is 0.261 e. The van der Waals surface area contributed by atoms with E-state index in [1.807, 2.05) is 30.3 Å². The molecular formula is C24H31NO5Si. The Morgan fingerprint density at radius 1 is 1.10 bits per heavy atom. The fourth-order valence-electron chi connectivity index (χ4n) is 5.64. The number of hydrogen-bond donors (Lipinski definition) is 2. The van der Waals surface area contributed by atoms with Gasteiger partial charge in [-0.3, -0.25) is 4.79 Å². The van der Waals surface area contributed by atoms with Crippen LogP contribution in [0.4, 0.5) is 5.69 Å². The first-order chi connectivity index (χ1) is 14.8. The molecule has 1 saturated heterocycles. The first kappa shape index (κ1) is 21.9. The fourth-order valence-corrected chi connectivity index (χ4v) is 9.70. The molecule has 0 radical (unpaired) electrons. The van der Waals surface area contributed by atoms with Gasteiger partial charge < -0.3 is 24.6 Å². The molecule has 4 rings (SSSR count). The minimum Gasteiger partial charge on any atom is -0.497 e. The van der Waals surface area contributed by atoms with E-state index >= 15 is 0 Å². The second-order valence-electron chi connectivity index (χ2n) is 9.03. The lowest BCUT2D eigenvalue weighted by atomic mass is 9.82. The molecule has 1 amide bonds. The number of anilines is 1. The van der Waals surface area contributed by atoms with Crippen molar-refractivity contribution in [3.8, 4) is 11.5 Å². The number of rotatable bonds is 6. The monoisotopic (exact) mass is 441 g/mol. The summed E-state index contributed by atoms with van der Waals surface area (Å²) in [5.41, 5.74) is 0.653. The smallest absolute Gasteiger partial charge is 0.261 e. The van der Waals surface area contributed by atoms with Gasteiger partial charge in [0.25, 0.3) is 5.91 Å². The minimum atomic E-state index is -2.11. The van der Waals surface area contributed by atoms with Gasteiger partial charge in [0, 0.05) is 23.8 Å². The fraction of sp³-hybridized carbons (Fsp3) is 0.458. The standard InChI is InChI=1S/C24H31NO5Si/c1-15-22(31(4,5)18-9-6-16(28-2)7-10-18)21(12-13-26)30-24(15)19-14-17(29-3)8-11-20(19)25-23(24)27/h6-11,14-15,21-22,26H,12-13H2,1-5H3,(H,25,27)/t15-,21+,22-,24+/m1/s1. The van der Waals surface area contributed by atoms with Crippen LogP contribution in [0, 0.1) is 5.92 Å². The molecule has 2 aromatic carbocycles. The number of aliphatic hydroxyl groups excluding tert-OH is 1. The minimum absolute atomic E-state index is 0.0175. The lowest BCUT2D eigenvalue weighted by Gasteiger charge is -2.37. The summed E-state index contributed by atoms with van der Waals surface area (Å²) < 4.78 is 17.4. The average molecular weight is 442 g/mol. The molecule has 31 heavy (non-hydrogen) atoms. The quantitative estimate of drug-likeness (QED) is 0.673. The highest BCUT2D eigenvalue weighted by atomic mass is 28.3. The van der Waals surface area contributed by atoms with Gasteiger partial charge >= 0.3 is 0 Å². The molecular weight excluding hydrogens is 410 g/mol. The Morgan fingerprint density at radius 2 is 1.74 bits per heavy atom. The Morgan fingerprint density at radius 3 is 2.35 bits per heavy atom. The van der Waals surface area contributed by atoms with E-state index in [1.54, 1.807) is 14.2 Å². The van der Waals surface area contributed by atoms with Crippen LogP contribution >= 0.6 is 0 Å². The van der Waals surface area contributed by atoms with Crippen LogP contribution in [0.3, 0.4) is 0 Å². The van der Waals surface area contributed by atoms with Crippen molar-refractivity contribution in [1.82, 2.24) is 0 Å². The van der Waals surface area contributed by atoms with Gasteiger partial charge in [-0.15, -0.1) is 0 Å². The number of fused-ring (bicyclic) bond motifs is 2. The topological polar surface area (TPSA) is 77.0 Å². The van der Waals surface area contributed by atoms with Crippen LogP contribution in [-0.2, 0) is 15.1 Å². The highest BCUT2D eigenvalue weighted by molar-refractivity contribution is 6.91. The van der Waals surface area contributed by atoms with Gasteiger partial charge in [0.15, 0.2) is 5.60 Å². The number of amides is 1. The Hall–Kier alpha value is -2.35. The Labute approximate surface area is 184 Å². The number of nitrogens with one attached hydrogen (secondary N) is 1. The molecule has 6 nitrogen and oxygen atoms in total. The summed E-state index contributed by atoms with van der Waals surface area (Å²) in [5, 5.41) is 14.1. The molecule has 7 heteroatoms. The molecule has 166 valence electrons. The summed E-state index contributed by atoms with van der Waals surface area (Å²) in [4.78, 5) is 13.4. The maximum atomic E-state index is 13.4. The van der Waals surface area contributed by atoms with Crippen molar-refractivity contribution in [2.75, 3.05) is 26.1 Å². The van der Waals surface area contributed by atoms with Gasteiger partial charge in [-0.2, -0.15) is 0 Å². The summed E-state index contributed by atoms with van der Waals surface area (Å²) in [7, 11) is 1.17. The van der Waals surface area contributed by atoms with E-state index in [2.05, 4.69) is 37.5 Å². The first-order valence-electron chi connectivity index (χ1n) is 10.7. The zero-order valence-electron chi connectivity index (χ0n) is 18.8. The summed E-state index contributed by atoms with van der Waals surface area (Å²) in [6, 6.07) is 13.9. The molecule has 2 aromatic rings. The van der Waals surface area contributed by atoms with Crippen LogP contribution in [-0.4, -0.2) is 46.0 Å². The van der Waals surface area contributed by atoms with Crippen molar-refractivity contribution in [2.45, 2.75) is 43.7 Å². The van der Waals surface area contributed by atoms with Crippen molar-refractivity contribution < 1.29 is 24.1 Å². The number of hydrogen-bond acceptors (Lipinski definition) is 5. The highest BCUT2D eigenvalue weighted by Gasteiger charge is 2.64. The van der Waals surface area contributed by atoms with E-state index in [9.17, 15) is 9.90 Å². The number of benzene rings is 2. The zero-order chi connectivity index (χ0) is 22.4. The average Bonchev–Trinajstić information content (AvgIpc) is 3.22. The summed E-state index contributed by atoms with van der Waals surface area (Å²) in [6.07, 6.45) is 0.280. The largest absolute Gasteiger partial charge is 0.497 e. The Kier molecular flexibility index (Phi) is 5.62. The van der Waals surface area contributed by atoms with Gasteiger partial charge in [-0.25, -0.2) is 0 Å². The SMILES string of the molecule is COc1ccc([Si](C)(C)[C@H]2[C@H](CCO)O[C@@]3(C(=O)Nc4ccc(OC)cc43)[C@@H]2C)cc1. The van der Waals surface area contributed by atoms with Crippen LogP contribution < -0.4 is 20.0 Å². The zero-order valence-corrected chi connectivity index (χ0v) is 19.8. The van der Waals surface area contributed by atoms with Crippen molar-refractivity contribution in [1.29, 1.82) is 0 Å². The van der Waals surface area contributed by atoms with Crippen molar-refractivity contribution in [3.63, 3.8) is 0 Å². The van der Waals surface area contributed by atoms with Gasteiger partial charge in [0.2, 0.25) is 0 Å². The van der Waals surface area contributed by atoms with E-state index in [4.69, 9.17) is 14.2 Å². The second-order valence-corrected chi connectivity index (χ2v) is 13.7. The van der Waals surface area contributed by atoms with Gasteiger partial charge in [0.1, 0.15) is 11.5 Å². The molecule has 1 spiro atoms. The van der Waals surface area contributed by atoms with E-state index in [-0.39, 0.29) is 30.1 Å². The van der Waals surface area contributed by atoms with Crippen LogP contribution in [0.5, 0.6) is 11.5 Å². The molecule has 2 aliphatic heterocycles. The van der Waals surface area contributed by atoms with Gasteiger partial charge in [0.05, 0.1) is 28.4 Å². The van der Waals surface area contributed by atoms with Crippen LogP contribution in [0.25, 0.3) is 0 Å². The first-order valence-corrected chi connectivity index (χ1v) is 13.8. The lowest BCUT2D eigenvalue weighted by Crippen LogP contribution is -2.51. The number of methoxy groups -OCH3 is 2. The molecule has 2 N–H and O–H groups in total. The van der Waals surface area contributed by atoms with Crippen molar-refractivity contribution >= 4 is 24.9 Å². The Balaban J connectivity index is 1.81. The molecule has 2 aliphatic rings. The molecule has 0 aliphatic carbocycles. The third kappa shape index (κ3) is 3.26. The number of ether oxygens (including phenoxy) is 3. The van der Waals surface area contributed by atoms with Crippen LogP contribution in [0.1, 0.15) is 18.9 Å². The molecule has 2 heterocycles. The maximum absolute atomic E-state index is 13.4. The van der Waals surface area contributed by atoms with Crippen molar-refractivity contribution in [3.05, 3.63) is 48.0 Å². The van der Waals surface area contributed by atoms with Gasteiger partial charge in [-0.05, 0) is 42.3 Å². The summed E-state index contributed by atoms with van der Waals surface area (Å²) in [5.74, 6) is 1.32. The predicted molar refractivity (Wildman–Crippen MR) is 123 cm³/mol. The van der Waals surface area contributed by atoms with Crippen LogP contribution in [0.15, 0.2) is 42.5 Å². The molecule has 4 atom stereocenters. The van der Waals surface area contributed by atoms with E-state index < -0.39 is 13.7 Å². The lowest BCUT2D eigenvalue weighted by molar-refractivity contribution is -0.143. The number of carbonyl (C=O) groups is 1. The summed E-state index contributed by atoms with van der Waals surface area (Å²) >= 11 is 0. The molecule has 0 aromatic heterocycles. The van der Waals surface area contributed by atoms with Crippen molar-refractivity contribution in [2.24, 2.45) is 5.92 Å². The van der Waals surface area contributed by atoms with Gasteiger partial charge in [-0.1, -0.05) is 37.3 Å². The third-order valence-corrected chi connectivity index (χ3v) is 11.6. The molecule has 1 fully saturated rings. The highest BCUT2D eigenvalue weighted by Crippen LogP contribution is 2.58.